The summed E-state index contributed by atoms with van der Waals surface area (Å²) in [6.45, 7) is 6.73. The molecule has 0 amide bonds. The van der Waals surface area contributed by atoms with Gasteiger partial charge in [-0.15, -0.1) is 0 Å². The van der Waals surface area contributed by atoms with Gasteiger partial charge in [0.15, 0.2) is 34.0 Å². The highest BCUT2D eigenvalue weighted by Gasteiger charge is 2.25. The second-order valence-corrected chi connectivity index (χ2v) is 20.3. The van der Waals surface area contributed by atoms with Crippen LogP contribution in [0.25, 0.3) is 22.3 Å². The number of nitrogens with zero attached hydrogens (tertiary/aromatic N) is 8. The molecule has 16 nitrogen and oxygen atoms in total. The Balaban J connectivity index is 0.000000179. The molecule has 2 saturated heterocycles. The van der Waals surface area contributed by atoms with E-state index in [9.17, 15) is 8.42 Å². The van der Waals surface area contributed by atoms with Gasteiger partial charge in [-0.3, -0.25) is 9.13 Å². The van der Waals surface area contributed by atoms with Gasteiger partial charge in [0.2, 0.25) is 10.0 Å². The predicted molar refractivity (Wildman–Crippen MR) is 278 cm³/mol. The van der Waals surface area contributed by atoms with E-state index in [0.29, 0.717) is 54.1 Å². The standard InChI is InChI=1S/C29H36N6O3S.C25H28N6O/c1-21(2)19-39(36,37)32-18-25-33-28(27-29(34-25)35(20-31-27)26-15-9-10-16-38-26)30-17-24(22-11-5-3-6-12-22)23-13-7-4-8-14-23;26-15-21-29-24(23-25(30-21)31(17-28-23)22-13-7-8-14-32-22)27-16-20(18-9-3-1-4-10-18)19-11-5-2-6-12-19/h3-8,11-14,20-21,24,26,32H,9-10,15-19H2,1-2H3,(H,30,33,34);1-6,9-12,17,20,22H,7-8,13-16,26H2,(H,27,29,30). The minimum absolute atomic E-state index is 0.00280. The van der Waals surface area contributed by atoms with E-state index in [2.05, 4.69) is 108 Å². The molecule has 0 spiro atoms. The molecule has 2 unspecified atom stereocenters. The van der Waals surface area contributed by atoms with Gasteiger partial charge in [-0.2, -0.15) is 0 Å². The third kappa shape index (κ3) is 12.5. The lowest BCUT2D eigenvalue weighted by Gasteiger charge is -2.24. The van der Waals surface area contributed by atoms with E-state index in [-0.39, 0.29) is 49.1 Å². The van der Waals surface area contributed by atoms with Gasteiger partial charge < -0.3 is 25.8 Å². The average molecular weight is 977 g/mol. The number of fused-ring (bicyclic) bond motifs is 2. The van der Waals surface area contributed by atoms with Gasteiger partial charge >= 0.3 is 0 Å². The molecule has 10 rings (SSSR count). The minimum Gasteiger partial charge on any atom is -0.367 e. The Morgan fingerprint density at radius 3 is 1.38 bits per heavy atom. The summed E-state index contributed by atoms with van der Waals surface area (Å²) in [4.78, 5) is 28.1. The summed E-state index contributed by atoms with van der Waals surface area (Å²) in [7, 11) is -3.46. The summed E-state index contributed by atoms with van der Waals surface area (Å²) in [6, 6.07) is 41.7. The van der Waals surface area contributed by atoms with Crippen molar-refractivity contribution in [2.75, 3.05) is 42.7 Å². The van der Waals surface area contributed by atoms with E-state index < -0.39 is 10.0 Å². The Morgan fingerprint density at radius 2 is 1.00 bits per heavy atom. The molecule has 6 heterocycles. The number of sulfonamides is 1. The first-order chi connectivity index (χ1) is 34.7. The predicted octanol–water partition coefficient (Wildman–Crippen LogP) is 9.07. The molecule has 0 aliphatic carbocycles. The molecule has 17 heteroatoms. The number of anilines is 2. The molecule has 71 heavy (non-hydrogen) atoms. The lowest BCUT2D eigenvalue weighted by molar-refractivity contribution is -0.0299. The maximum Gasteiger partial charge on any atom is 0.212 e. The molecule has 370 valence electrons. The Hall–Kier alpha value is -6.63. The lowest BCUT2D eigenvalue weighted by atomic mass is 9.91. The van der Waals surface area contributed by atoms with Gasteiger partial charge in [0.05, 0.1) is 31.5 Å². The normalized spacial score (nSPS) is 16.4. The maximum atomic E-state index is 12.5. The summed E-state index contributed by atoms with van der Waals surface area (Å²) in [5.74, 6) is 2.57. The van der Waals surface area contributed by atoms with Crippen molar-refractivity contribution in [3.63, 3.8) is 0 Å². The number of benzene rings is 4. The second-order valence-electron chi connectivity index (χ2n) is 18.5. The molecule has 2 atom stereocenters. The van der Waals surface area contributed by atoms with Crippen LogP contribution in [0.3, 0.4) is 0 Å². The van der Waals surface area contributed by atoms with Crippen molar-refractivity contribution in [2.24, 2.45) is 11.7 Å². The molecule has 2 fully saturated rings. The highest BCUT2D eigenvalue weighted by molar-refractivity contribution is 7.89. The minimum atomic E-state index is -3.46. The molecule has 0 radical (unpaired) electrons. The monoisotopic (exact) mass is 976 g/mol. The molecule has 0 saturated carbocycles. The average Bonchev–Trinajstić information content (AvgIpc) is 4.05. The number of hydrogen-bond donors (Lipinski definition) is 4. The zero-order chi connectivity index (χ0) is 49.0. The summed E-state index contributed by atoms with van der Waals surface area (Å²) in [6.07, 6.45) is 9.54. The third-order valence-corrected chi connectivity index (χ3v) is 14.5. The zero-order valence-corrected chi connectivity index (χ0v) is 41.3. The van der Waals surface area contributed by atoms with Crippen LogP contribution in [0.5, 0.6) is 0 Å². The first-order valence-electron chi connectivity index (χ1n) is 24.8. The smallest absolute Gasteiger partial charge is 0.212 e. The van der Waals surface area contributed by atoms with E-state index >= 15 is 0 Å². The molecular formula is C54H64N12O4S. The molecule has 8 aromatic rings. The van der Waals surface area contributed by atoms with Gasteiger partial charge in [0, 0.05) is 38.1 Å². The Bertz CT molecular complexity index is 2960. The number of hydrogen-bond acceptors (Lipinski definition) is 13. The maximum absolute atomic E-state index is 12.5. The van der Waals surface area contributed by atoms with Crippen LogP contribution in [0.2, 0.25) is 0 Å². The van der Waals surface area contributed by atoms with E-state index in [1.807, 2.05) is 77.8 Å². The lowest BCUT2D eigenvalue weighted by Crippen LogP contribution is -2.29. The van der Waals surface area contributed by atoms with Gasteiger partial charge in [0.25, 0.3) is 0 Å². The van der Waals surface area contributed by atoms with Gasteiger partial charge in [-0.1, -0.05) is 135 Å². The van der Waals surface area contributed by atoms with Crippen molar-refractivity contribution < 1.29 is 17.9 Å². The van der Waals surface area contributed by atoms with Gasteiger partial charge in [-0.25, -0.2) is 43.0 Å². The van der Waals surface area contributed by atoms with Crippen molar-refractivity contribution in [3.05, 3.63) is 168 Å². The molecule has 2 aliphatic heterocycles. The Morgan fingerprint density at radius 1 is 0.592 bits per heavy atom. The van der Waals surface area contributed by atoms with Crippen LogP contribution in [-0.4, -0.2) is 79.5 Å². The summed E-state index contributed by atoms with van der Waals surface area (Å²) in [5.41, 5.74) is 13.6. The first kappa shape index (κ1) is 49.4. The number of imidazole rings is 2. The quantitative estimate of drug-likeness (QED) is 0.0635. The van der Waals surface area contributed by atoms with Crippen molar-refractivity contribution in [3.8, 4) is 0 Å². The highest BCUT2D eigenvalue weighted by atomic mass is 32.2. The second kappa shape index (κ2) is 23.5. The number of aromatic nitrogens is 8. The Labute approximate surface area is 416 Å². The van der Waals surface area contributed by atoms with Crippen LogP contribution < -0.4 is 21.1 Å². The molecule has 4 aromatic heterocycles. The van der Waals surface area contributed by atoms with E-state index in [1.54, 1.807) is 6.33 Å². The van der Waals surface area contributed by atoms with Crippen molar-refractivity contribution in [2.45, 2.75) is 89.8 Å². The zero-order valence-electron chi connectivity index (χ0n) is 40.5. The van der Waals surface area contributed by atoms with Crippen molar-refractivity contribution in [1.82, 2.24) is 43.8 Å². The van der Waals surface area contributed by atoms with E-state index in [0.717, 1.165) is 56.3 Å². The number of nitrogens with one attached hydrogen (secondary N) is 3. The molecule has 0 bridgehead atoms. The van der Waals surface area contributed by atoms with Crippen LogP contribution in [0, 0.1) is 5.92 Å². The van der Waals surface area contributed by atoms with Gasteiger partial charge in [-0.05, 0) is 66.7 Å². The van der Waals surface area contributed by atoms with Gasteiger partial charge in [0.1, 0.15) is 24.1 Å². The Kier molecular flexibility index (Phi) is 16.4. The molecule has 4 aromatic carbocycles. The summed E-state index contributed by atoms with van der Waals surface area (Å²) in [5, 5.41) is 7.08. The third-order valence-electron chi connectivity index (χ3n) is 12.8. The van der Waals surface area contributed by atoms with Crippen LogP contribution in [-0.2, 0) is 32.6 Å². The van der Waals surface area contributed by atoms with Crippen LogP contribution in [0.1, 0.15) is 111 Å². The van der Waals surface area contributed by atoms with Crippen molar-refractivity contribution >= 4 is 44.0 Å². The number of ether oxygens (including phenoxy) is 2. The summed E-state index contributed by atoms with van der Waals surface area (Å²) >= 11 is 0. The summed E-state index contributed by atoms with van der Waals surface area (Å²) < 4.78 is 43.7. The SMILES string of the molecule is CC(C)CS(=O)(=O)NCc1nc(NCC(c2ccccc2)c2ccccc2)c2ncn(C3CCCCO3)c2n1.NCc1nc(NCC(c2ccccc2)c2ccccc2)c2ncn(C3CCCCO3)c2n1. The van der Waals surface area contributed by atoms with E-state index in [1.165, 1.54) is 22.3 Å². The fraction of sp³-hybridized carbons (Fsp3) is 0.370. The number of rotatable bonds is 18. The van der Waals surface area contributed by atoms with Crippen molar-refractivity contribution in [1.29, 1.82) is 0 Å². The molecule has 2 aliphatic rings. The van der Waals surface area contributed by atoms with Crippen LogP contribution in [0.15, 0.2) is 134 Å². The first-order valence-corrected chi connectivity index (χ1v) is 26.4. The molecular weight excluding hydrogens is 913 g/mol. The van der Waals surface area contributed by atoms with E-state index in [4.69, 9.17) is 25.2 Å². The fourth-order valence-corrected chi connectivity index (χ4v) is 10.7. The largest absolute Gasteiger partial charge is 0.367 e. The molecule has 5 N–H and O–H groups in total. The fourth-order valence-electron chi connectivity index (χ4n) is 9.32. The van der Waals surface area contributed by atoms with Crippen LogP contribution in [0.4, 0.5) is 11.6 Å². The number of nitrogens with two attached hydrogens (primary N) is 1. The topological polar surface area (TPSA) is 202 Å². The highest BCUT2D eigenvalue weighted by Crippen LogP contribution is 2.32. The van der Waals surface area contributed by atoms with Crippen LogP contribution >= 0.6 is 0 Å².